The summed E-state index contributed by atoms with van der Waals surface area (Å²) in [7, 11) is -3.18. The van der Waals surface area contributed by atoms with Gasteiger partial charge in [0.25, 0.3) is 0 Å². The van der Waals surface area contributed by atoms with Crippen molar-refractivity contribution < 1.29 is 8.42 Å². The quantitative estimate of drug-likeness (QED) is 0.706. The smallest absolute Gasteiger partial charge is 0.212 e. The zero-order chi connectivity index (χ0) is 14.3. The number of nitrogens with one attached hydrogen (secondary N) is 2. The summed E-state index contributed by atoms with van der Waals surface area (Å²) in [6.07, 6.45) is 4.14. The van der Waals surface area contributed by atoms with Crippen molar-refractivity contribution in [2.24, 2.45) is 0 Å². The maximum Gasteiger partial charge on any atom is 0.212 e. The average Bonchev–Trinajstić information content (AvgIpc) is 2.47. The summed E-state index contributed by atoms with van der Waals surface area (Å²) < 4.78 is 26.4. The lowest BCUT2D eigenvalue weighted by atomic mass is 10.2. The molecular weight excluding hydrogens is 276 g/mol. The van der Waals surface area contributed by atoms with Gasteiger partial charge in [-0.2, -0.15) is 0 Å². The Labute approximate surface area is 120 Å². The second kappa shape index (κ2) is 7.68. The van der Waals surface area contributed by atoms with Gasteiger partial charge in [-0.05, 0) is 18.1 Å². The number of pyridine rings is 1. The molecule has 112 valence electrons. The number of hydrogen-bond acceptors (Lipinski definition) is 5. The third-order valence-corrected chi connectivity index (χ3v) is 4.71. The van der Waals surface area contributed by atoms with Crippen LogP contribution in [-0.4, -0.2) is 63.3 Å². The van der Waals surface area contributed by atoms with Crippen molar-refractivity contribution in [3.05, 3.63) is 30.1 Å². The van der Waals surface area contributed by atoms with E-state index in [0.717, 1.165) is 31.7 Å². The molecule has 0 saturated carbocycles. The lowest BCUT2D eigenvalue weighted by Gasteiger charge is -2.26. The van der Waals surface area contributed by atoms with Crippen LogP contribution in [0.15, 0.2) is 24.5 Å². The molecule has 0 radical (unpaired) electrons. The predicted molar refractivity (Wildman–Crippen MR) is 79.0 cm³/mol. The number of sulfonamides is 1. The van der Waals surface area contributed by atoms with Crippen LogP contribution in [0.25, 0.3) is 0 Å². The number of aromatic nitrogens is 1. The molecule has 0 unspecified atom stereocenters. The van der Waals surface area contributed by atoms with Gasteiger partial charge in [0.15, 0.2) is 0 Å². The highest BCUT2D eigenvalue weighted by molar-refractivity contribution is 7.89. The van der Waals surface area contributed by atoms with Gasteiger partial charge in [-0.1, -0.05) is 6.07 Å². The van der Waals surface area contributed by atoms with Gasteiger partial charge in [-0.3, -0.25) is 9.88 Å². The fraction of sp³-hybridized carbons (Fsp3) is 0.615. The molecule has 1 aromatic heterocycles. The first kappa shape index (κ1) is 15.4. The van der Waals surface area contributed by atoms with Crippen molar-refractivity contribution in [1.29, 1.82) is 0 Å². The highest BCUT2D eigenvalue weighted by atomic mass is 32.2. The van der Waals surface area contributed by atoms with Crippen molar-refractivity contribution in [3.63, 3.8) is 0 Å². The SMILES string of the molecule is O=S(=O)(CCN1CCNCC1)NCCc1cccnc1. The maximum atomic E-state index is 11.9. The molecule has 2 rings (SSSR count). The average molecular weight is 298 g/mol. The van der Waals surface area contributed by atoms with E-state index < -0.39 is 10.0 Å². The van der Waals surface area contributed by atoms with E-state index in [9.17, 15) is 8.42 Å². The monoisotopic (exact) mass is 298 g/mol. The molecule has 1 aliphatic rings. The molecule has 0 amide bonds. The fourth-order valence-electron chi connectivity index (χ4n) is 2.15. The Bertz CT molecular complexity index is 486. The summed E-state index contributed by atoms with van der Waals surface area (Å²) in [5, 5.41) is 3.25. The van der Waals surface area contributed by atoms with Crippen LogP contribution in [0.3, 0.4) is 0 Å². The van der Waals surface area contributed by atoms with Crippen LogP contribution in [0.5, 0.6) is 0 Å². The molecule has 1 fully saturated rings. The molecule has 20 heavy (non-hydrogen) atoms. The first-order valence-electron chi connectivity index (χ1n) is 6.95. The molecule has 0 spiro atoms. The Morgan fingerprint density at radius 1 is 1.35 bits per heavy atom. The summed E-state index contributed by atoms with van der Waals surface area (Å²) >= 11 is 0. The van der Waals surface area contributed by atoms with E-state index in [0.29, 0.717) is 19.5 Å². The van der Waals surface area contributed by atoms with E-state index in [-0.39, 0.29) is 5.75 Å². The molecule has 7 heteroatoms. The van der Waals surface area contributed by atoms with Gasteiger partial charge in [0.2, 0.25) is 10.0 Å². The van der Waals surface area contributed by atoms with Crippen LogP contribution in [0.1, 0.15) is 5.56 Å². The van der Waals surface area contributed by atoms with Crippen molar-refractivity contribution in [3.8, 4) is 0 Å². The molecule has 0 bridgehead atoms. The van der Waals surface area contributed by atoms with Gasteiger partial charge in [0.1, 0.15) is 0 Å². The maximum absolute atomic E-state index is 11.9. The van der Waals surface area contributed by atoms with Gasteiger partial charge in [-0.15, -0.1) is 0 Å². The van der Waals surface area contributed by atoms with Crippen LogP contribution < -0.4 is 10.0 Å². The van der Waals surface area contributed by atoms with Crippen molar-refractivity contribution in [2.45, 2.75) is 6.42 Å². The van der Waals surface area contributed by atoms with Crippen LogP contribution in [0.2, 0.25) is 0 Å². The second-order valence-electron chi connectivity index (χ2n) is 4.92. The highest BCUT2D eigenvalue weighted by Crippen LogP contribution is 1.97. The largest absolute Gasteiger partial charge is 0.314 e. The summed E-state index contributed by atoms with van der Waals surface area (Å²) in [6, 6.07) is 3.80. The number of piperazine rings is 1. The zero-order valence-electron chi connectivity index (χ0n) is 11.6. The second-order valence-corrected chi connectivity index (χ2v) is 6.84. The summed E-state index contributed by atoms with van der Waals surface area (Å²) in [5.41, 5.74) is 1.04. The van der Waals surface area contributed by atoms with Crippen LogP contribution in [0.4, 0.5) is 0 Å². The van der Waals surface area contributed by atoms with E-state index >= 15 is 0 Å². The molecule has 1 aliphatic heterocycles. The molecule has 0 aliphatic carbocycles. The molecule has 2 heterocycles. The van der Waals surface area contributed by atoms with Crippen LogP contribution >= 0.6 is 0 Å². The van der Waals surface area contributed by atoms with Crippen molar-refractivity contribution in [1.82, 2.24) is 19.9 Å². The highest BCUT2D eigenvalue weighted by Gasteiger charge is 2.14. The molecule has 1 saturated heterocycles. The molecule has 6 nitrogen and oxygen atoms in total. The van der Waals surface area contributed by atoms with Gasteiger partial charge < -0.3 is 5.32 Å². The number of nitrogens with zero attached hydrogens (tertiary/aromatic N) is 2. The topological polar surface area (TPSA) is 74.3 Å². The van der Waals surface area contributed by atoms with Crippen LogP contribution in [-0.2, 0) is 16.4 Å². The molecule has 1 aromatic rings. The Balaban J connectivity index is 1.68. The van der Waals surface area contributed by atoms with Gasteiger partial charge in [-0.25, -0.2) is 13.1 Å². The first-order chi connectivity index (χ1) is 9.66. The lowest BCUT2D eigenvalue weighted by Crippen LogP contribution is -2.46. The molecule has 0 atom stereocenters. The van der Waals surface area contributed by atoms with Crippen molar-refractivity contribution in [2.75, 3.05) is 45.0 Å². The third kappa shape index (κ3) is 5.54. The summed E-state index contributed by atoms with van der Waals surface area (Å²) in [4.78, 5) is 6.18. The Morgan fingerprint density at radius 3 is 2.85 bits per heavy atom. The lowest BCUT2D eigenvalue weighted by molar-refractivity contribution is 0.253. The number of rotatable bonds is 7. The van der Waals surface area contributed by atoms with Gasteiger partial charge in [0.05, 0.1) is 5.75 Å². The van der Waals surface area contributed by atoms with E-state index in [2.05, 4.69) is 19.9 Å². The standard InChI is InChI=1S/C13H22N4O2S/c18-20(19,11-10-17-8-6-14-7-9-17)16-5-3-13-2-1-4-15-12-13/h1-2,4,12,14,16H,3,5-11H2. The van der Waals surface area contributed by atoms with E-state index in [1.807, 2.05) is 12.1 Å². The summed E-state index contributed by atoms with van der Waals surface area (Å²) in [5.74, 6) is 0.167. The normalized spacial score (nSPS) is 17.2. The number of hydrogen-bond donors (Lipinski definition) is 2. The zero-order valence-corrected chi connectivity index (χ0v) is 12.4. The van der Waals surface area contributed by atoms with E-state index in [1.165, 1.54) is 0 Å². The van der Waals surface area contributed by atoms with Crippen molar-refractivity contribution >= 4 is 10.0 Å². The molecule has 2 N–H and O–H groups in total. The van der Waals surface area contributed by atoms with E-state index in [1.54, 1.807) is 12.4 Å². The Hall–Kier alpha value is -1.02. The first-order valence-corrected chi connectivity index (χ1v) is 8.60. The summed E-state index contributed by atoms with van der Waals surface area (Å²) in [6.45, 7) is 4.75. The Kier molecular flexibility index (Phi) is 5.90. The van der Waals surface area contributed by atoms with Gasteiger partial charge >= 0.3 is 0 Å². The molecular formula is C13H22N4O2S. The predicted octanol–water partition coefficient (Wildman–Crippen LogP) is -0.551. The fourth-order valence-corrected chi connectivity index (χ4v) is 3.21. The van der Waals surface area contributed by atoms with Gasteiger partial charge in [0, 0.05) is 51.7 Å². The third-order valence-electron chi connectivity index (χ3n) is 3.34. The van der Waals surface area contributed by atoms with E-state index in [4.69, 9.17) is 0 Å². The van der Waals surface area contributed by atoms with Crippen LogP contribution in [0, 0.1) is 0 Å². The minimum atomic E-state index is -3.18. The minimum absolute atomic E-state index is 0.167. The molecule has 0 aromatic carbocycles. The minimum Gasteiger partial charge on any atom is -0.314 e. The Morgan fingerprint density at radius 2 is 2.15 bits per heavy atom.